The van der Waals surface area contributed by atoms with Crippen LogP contribution in [0.1, 0.15) is 18.9 Å². The van der Waals surface area contributed by atoms with Crippen molar-refractivity contribution in [2.24, 2.45) is 11.7 Å². The molecule has 1 aromatic carbocycles. The van der Waals surface area contributed by atoms with Crippen LogP contribution in [-0.4, -0.2) is 24.1 Å². The van der Waals surface area contributed by atoms with Gasteiger partial charge < -0.3 is 10.6 Å². The van der Waals surface area contributed by atoms with Crippen molar-refractivity contribution in [3.05, 3.63) is 36.0 Å². The fourth-order valence-electron chi connectivity index (χ4n) is 3.12. The number of fused-ring (bicyclic) bond motifs is 1. The molecule has 2 aromatic rings. The van der Waals surface area contributed by atoms with Gasteiger partial charge in [-0.05, 0) is 36.6 Å². The first-order chi connectivity index (χ1) is 9.69. The van der Waals surface area contributed by atoms with E-state index in [1.54, 1.807) is 6.20 Å². The van der Waals surface area contributed by atoms with Gasteiger partial charge in [-0.3, -0.25) is 4.98 Å². The zero-order chi connectivity index (χ0) is 14.1. The molecular formula is C16H18N4. The van der Waals surface area contributed by atoms with E-state index in [9.17, 15) is 5.26 Å². The largest absolute Gasteiger partial charge is 0.369 e. The van der Waals surface area contributed by atoms with Crippen LogP contribution in [0.2, 0.25) is 0 Å². The molecule has 0 radical (unpaired) electrons. The number of rotatable bonds is 1. The molecule has 1 aromatic heterocycles. The second kappa shape index (κ2) is 5.10. The molecule has 2 heterocycles. The lowest BCUT2D eigenvalue weighted by Gasteiger charge is -2.37. The summed E-state index contributed by atoms with van der Waals surface area (Å²) in [5.41, 5.74) is 8.68. The van der Waals surface area contributed by atoms with Crippen molar-refractivity contribution in [1.82, 2.24) is 4.98 Å². The number of benzene rings is 1. The molecule has 102 valence electrons. The van der Waals surface area contributed by atoms with Gasteiger partial charge in [0, 0.05) is 36.4 Å². The monoisotopic (exact) mass is 266 g/mol. The minimum absolute atomic E-state index is 0.209. The summed E-state index contributed by atoms with van der Waals surface area (Å²) in [7, 11) is 0. The van der Waals surface area contributed by atoms with E-state index in [2.05, 4.69) is 22.9 Å². The Balaban J connectivity index is 2.11. The predicted octanol–water partition coefficient (Wildman–Crippen LogP) is 2.28. The van der Waals surface area contributed by atoms with Crippen LogP contribution in [0.15, 0.2) is 30.5 Å². The van der Waals surface area contributed by atoms with E-state index in [4.69, 9.17) is 5.73 Å². The summed E-state index contributed by atoms with van der Waals surface area (Å²) in [6, 6.07) is 10.2. The summed E-state index contributed by atoms with van der Waals surface area (Å²) < 4.78 is 0. The highest BCUT2D eigenvalue weighted by Gasteiger charge is 2.23. The van der Waals surface area contributed by atoms with E-state index in [1.807, 2.05) is 24.3 Å². The number of piperidine rings is 1. The Hall–Kier alpha value is -2.12. The average molecular weight is 266 g/mol. The van der Waals surface area contributed by atoms with Crippen LogP contribution in [0.3, 0.4) is 0 Å². The van der Waals surface area contributed by atoms with Crippen molar-refractivity contribution in [2.45, 2.75) is 19.4 Å². The Morgan fingerprint density at radius 2 is 2.20 bits per heavy atom. The van der Waals surface area contributed by atoms with Crippen molar-refractivity contribution in [3.8, 4) is 6.07 Å². The zero-order valence-corrected chi connectivity index (χ0v) is 11.6. The van der Waals surface area contributed by atoms with Crippen molar-refractivity contribution in [1.29, 1.82) is 5.26 Å². The molecule has 2 N–H and O–H groups in total. The number of nitrogens with zero attached hydrogens (tertiary/aromatic N) is 3. The Kier molecular flexibility index (Phi) is 3.29. The number of anilines is 1. The third-order valence-electron chi connectivity index (χ3n) is 3.90. The smallest absolute Gasteiger partial charge is 0.101 e. The second-order valence-corrected chi connectivity index (χ2v) is 5.65. The van der Waals surface area contributed by atoms with Crippen LogP contribution in [0, 0.1) is 17.2 Å². The number of nitriles is 1. The quantitative estimate of drug-likeness (QED) is 0.860. The minimum atomic E-state index is 0.209. The van der Waals surface area contributed by atoms with Gasteiger partial charge in [0.05, 0.1) is 11.1 Å². The van der Waals surface area contributed by atoms with Crippen molar-refractivity contribution < 1.29 is 0 Å². The van der Waals surface area contributed by atoms with E-state index in [-0.39, 0.29) is 6.04 Å². The normalized spacial score (nSPS) is 22.8. The molecule has 20 heavy (non-hydrogen) atoms. The minimum Gasteiger partial charge on any atom is -0.369 e. The molecule has 4 nitrogen and oxygen atoms in total. The number of nitrogens with two attached hydrogens (primary N) is 1. The predicted molar refractivity (Wildman–Crippen MR) is 80.4 cm³/mol. The Morgan fingerprint density at radius 3 is 2.95 bits per heavy atom. The molecule has 1 aliphatic rings. The third kappa shape index (κ3) is 2.21. The van der Waals surface area contributed by atoms with Gasteiger partial charge in [0.1, 0.15) is 6.07 Å². The van der Waals surface area contributed by atoms with Crippen LogP contribution in [0.25, 0.3) is 10.9 Å². The van der Waals surface area contributed by atoms with Crippen molar-refractivity contribution in [2.75, 3.05) is 18.0 Å². The molecule has 2 atom stereocenters. The first-order valence-electron chi connectivity index (χ1n) is 6.97. The highest BCUT2D eigenvalue weighted by molar-refractivity contribution is 5.95. The van der Waals surface area contributed by atoms with Crippen molar-refractivity contribution in [3.63, 3.8) is 0 Å². The van der Waals surface area contributed by atoms with E-state index < -0.39 is 0 Å². The van der Waals surface area contributed by atoms with Gasteiger partial charge in [-0.2, -0.15) is 5.26 Å². The summed E-state index contributed by atoms with van der Waals surface area (Å²) in [5, 5.41) is 10.2. The van der Waals surface area contributed by atoms with Gasteiger partial charge in [0.15, 0.2) is 0 Å². The molecular weight excluding hydrogens is 248 g/mol. The Morgan fingerprint density at radius 1 is 1.35 bits per heavy atom. The standard InChI is InChI=1S/C16H18N4/c1-11-7-13(18)10-20(9-11)15-5-4-12(8-17)16-14(15)3-2-6-19-16/h2-6,11,13H,7,9-10,18H2,1H3. The zero-order valence-electron chi connectivity index (χ0n) is 11.6. The molecule has 3 rings (SSSR count). The molecule has 0 bridgehead atoms. The molecule has 0 amide bonds. The van der Waals surface area contributed by atoms with E-state index >= 15 is 0 Å². The van der Waals surface area contributed by atoms with Gasteiger partial charge in [-0.1, -0.05) is 6.92 Å². The van der Waals surface area contributed by atoms with Crippen LogP contribution in [0.5, 0.6) is 0 Å². The lowest BCUT2D eigenvalue weighted by Crippen LogP contribution is -2.46. The first kappa shape index (κ1) is 12.9. The fourth-order valence-corrected chi connectivity index (χ4v) is 3.12. The van der Waals surface area contributed by atoms with Gasteiger partial charge in [-0.15, -0.1) is 0 Å². The molecule has 1 saturated heterocycles. The van der Waals surface area contributed by atoms with Crippen LogP contribution in [-0.2, 0) is 0 Å². The summed E-state index contributed by atoms with van der Waals surface area (Å²) in [5.74, 6) is 0.584. The first-order valence-corrected chi connectivity index (χ1v) is 6.97. The molecule has 1 aliphatic heterocycles. The SMILES string of the molecule is CC1CC(N)CN(c2ccc(C#N)c3ncccc23)C1. The lowest BCUT2D eigenvalue weighted by atomic mass is 9.95. The maximum absolute atomic E-state index is 9.20. The van der Waals surface area contributed by atoms with Crippen LogP contribution < -0.4 is 10.6 Å². The summed E-state index contributed by atoms with van der Waals surface area (Å²) in [6.45, 7) is 4.10. The second-order valence-electron chi connectivity index (χ2n) is 5.65. The summed E-state index contributed by atoms with van der Waals surface area (Å²) in [4.78, 5) is 6.69. The molecule has 0 spiro atoms. The van der Waals surface area contributed by atoms with Crippen LogP contribution in [0.4, 0.5) is 5.69 Å². The molecule has 0 aliphatic carbocycles. The summed E-state index contributed by atoms with van der Waals surface area (Å²) >= 11 is 0. The van der Waals surface area contributed by atoms with Crippen molar-refractivity contribution >= 4 is 16.6 Å². The van der Waals surface area contributed by atoms with Gasteiger partial charge >= 0.3 is 0 Å². The maximum atomic E-state index is 9.20. The molecule has 0 saturated carbocycles. The van der Waals surface area contributed by atoms with Gasteiger partial charge in [0.2, 0.25) is 0 Å². The Bertz CT molecular complexity index is 664. The number of hydrogen-bond donors (Lipinski definition) is 1. The summed E-state index contributed by atoms with van der Waals surface area (Å²) in [6.07, 6.45) is 2.81. The fraction of sp³-hybridized carbons (Fsp3) is 0.375. The lowest BCUT2D eigenvalue weighted by molar-refractivity contribution is 0.402. The average Bonchev–Trinajstić information content (AvgIpc) is 2.45. The molecule has 1 fully saturated rings. The number of pyridine rings is 1. The van der Waals surface area contributed by atoms with E-state index in [0.29, 0.717) is 11.5 Å². The molecule has 4 heteroatoms. The highest BCUT2D eigenvalue weighted by atomic mass is 15.2. The number of hydrogen-bond acceptors (Lipinski definition) is 4. The molecule has 2 unspecified atom stereocenters. The highest BCUT2D eigenvalue weighted by Crippen LogP contribution is 2.30. The van der Waals surface area contributed by atoms with E-state index in [1.165, 1.54) is 0 Å². The third-order valence-corrected chi connectivity index (χ3v) is 3.90. The topological polar surface area (TPSA) is 65.9 Å². The maximum Gasteiger partial charge on any atom is 0.101 e. The Labute approximate surface area is 118 Å². The van der Waals surface area contributed by atoms with Crippen LogP contribution >= 0.6 is 0 Å². The van der Waals surface area contributed by atoms with E-state index in [0.717, 1.165) is 36.1 Å². The van der Waals surface area contributed by atoms with Gasteiger partial charge in [-0.25, -0.2) is 0 Å². The van der Waals surface area contributed by atoms with Gasteiger partial charge in [0.25, 0.3) is 0 Å². The number of aromatic nitrogens is 1.